The lowest BCUT2D eigenvalue weighted by Crippen LogP contribution is -2.40. The van der Waals surface area contributed by atoms with Gasteiger partial charge in [-0.1, -0.05) is 20.8 Å². The molecule has 2 heterocycles. The number of pyridine rings is 1. The molecule has 2 amide bonds. The van der Waals surface area contributed by atoms with E-state index >= 15 is 0 Å². The van der Waals surface area contributed by atoms with E-state index in [0.717, 1.165) is 30.1 Å². The number of halogens is 3. The summed E-state index contributed by atoms with van der Waals surface area (Å²) in [6.45, 7) is 7.08. The van der Waals surface area contributed by atoms with Gasteiger partial charge in [0.15, 0.2) is 0 Å². The van der Waals surface area contributed by atoms with Gasteiger partial charge >= 0.3 is 12.3 Å². The number of nitrogens with one attached hydrogen (secondary N) is 1. The molecule has 2 aliphatic rings. The average molecular weight is 507 g/mol. The van der Waals surface area contributed by atoms with Gasteiger partial charge in [-0.15, -0.1) is 4.91 Å². The molecule has 0 bridgehead atoms. The number of hydrogen-bond donors (Lipinski definition) is 1. The minimum atomic E-state index is -4.45. The first kappa shape index (κ1) is 29.7. The Morgan fingerprint density at radius 3 is 2.44 bits per heavy atom. The summed E-state index contributed by atoms with van der Waals surface area (Å²) in [5.41, 5.74) is 0.258. The molecule has 0 aromatic carbocycles. The van der Waals surface area contributed by atoms with Crippen molar-refractivity contribution in [3.05, 3.63) is 34.0 Å². The first-order chi connectivity index (χ1) is 15.9. The second-order valence-electron chi connectivity index (χ2n) is 8.67. The van der Waals surface area contributed by atoms with Crippen LogP contribution in [0.15, 0.2) is 16.8 Å². The van der Waals surface area contributed by atoms with E-state index in [2.05, 4.69) is 40.4 Å². The van der Waals surface area contributed by atoms with E-state index in [1.807, 2.05) is 0 Å². The van der Waals surface area contributed by atoms with Crippen LogP contribution in [-0.2, 0) is 28.7 Å². The summed E-state index contributed by atoms with van der Waals surface area (Å²) in [7, 11) is 1.28. The molecule has 1 aromatic heterocycles. The molecule has 1 fully saturated rings. The first-order valence-corrected chi connectivity index (χ1v) is 12.1. The van der Waals surface area contributed by atoms with Crippen LogP contribution in [0.3, 0.4) is 0 Å². The number of hydrogen-bond acceptors (Lipinski definition) is 7. The Morgan fingerprint density at radius 2 is 1.91 bits per heavy atom. The Kier molecular flexibility index (Phi) is 12.3. The highest BCUT2D eigenvalue weighted by atomic mass is 32.2. The predicted molar refractivity (Wildman–Crippen MR) is 125 cm³/mol. The maximum absolute atomic E-state index is 12.9. The Labute approximate surface area is 202 Å². The molecule has 1 unspecified atom stereocenters. The van der Waals surface area contributed by atoms with Gasteiger partial charge in [0.2, 0.25) is 5.91 Å². The van der Waals surface area contributed by atoms with Crippen LogP contribution in [0.4, 0.5) is 18.0 Å². The molecule has 12 heteroatoms. The molecule has 34 heavy (non-hydrogen) atoms. The Hall–Kier alpha value is -2.37. The Balaban J connectivity index is 0.000000629. The third kappa shape index (κ3) is 9.86. The van der Waals surface area contributed by atoms with Crippen LogP contribution in [0, 0.1) is 16.7 Å². The summed E-state index contributed by atoms with van der Waals surface area (Å²) in [5.74, 6) is 0.514. The Bertz CT molecular complexity index is 821. The van der Waals surface area contributed by atoms with E-state index in [-0.39, 0.29) is 24.4 Å². The lowest BCUT2D eigenvalue weighted by atomic mass is 10.00. The highest BCUT2D eigenvalue weighted by molar-refractivity contribution is 7.97. The molecule has 1 N–H and O–H groups in total. The van der Waals surface area contributed by atoms with Crippen molar-refractivity contribution < 1.29 is 27.5 Å². The van der Waals surface area contributed by atoms with Gasteiger partial charge in [0, 0.05) is 66.1 Å². The fourth-order valence-electron chi connectivity index (χ4n) is 3.59. The molecule has 3 rings (SSSR count). The molecule has 8 nitrogen and oxygen atoms in total. The molecule has 192 valence electrons. The summed E-state index contributed by atoms with van der Waals surface area (Å²) in [6, 6.07) is 0.963. The second kappa shape index (κ2) is 14.1. The lowest BCUT2D eigenvalue weighted by molar-refractivity contribution is -0.138. The number of ether oxygens (including phenoxy) is 1. The van der Waals surface area contributed by atoms with Crippen LogP contribution in [0.5, 0.6) is 0 Å². The maximum atomic E-state index is 12.9. The molecule has 0 spiro atoms. The minimum absolute atomic E-state index is 0.0813. The number of nitrogens with zero attached hydrogens (tertiary/aromatic N) is 3. The van der Waals surface area contributed by atoms with Crippen molar-refractivity contribution in [2.45, 2.75) is 65.2 Å². The lowest BCUT2D eigenvalue weighted by Gasteiger charge is -2.30. The van der Waals surface area contributed by atoms with Gasteiger partial charge in [-0.3, -0.25) is 9.78 Å². The molecule has 2 atom stereocenters. The normalized spacial score (nSPS) is 19.1. The summed E-state index contributed by atoms with van der Waals surface area (Å²) in [6.07, 6.45) is -0.252. The first-order valence-electron chi connectivity index (χ1n) is 11.0. The maximum Gasteiger partial charge on any atom is 0.417 e. The molecule has 1 saturated carbocycles. The number of carbonyl (C=O) groups is 2. The van der Waals surface area contributed by atoms with Gasteiger partial charge in [0.25, 0.3) is 0 Å². The third-order valence-electron chi connectivity index (χ3n) is 5.04. The summed E-state index contributed by atoms with van der Waals surface area (Å²) >= 11 is 0.926. The van der Waals surface area contributed by atoms with Crippen molar-refractivity contribution in [2.75, 3.05) is 19.9 Å². The standard InChI is InChI=1S/C17H20F3N3O3.C4H10.CH3NOS/c1-26-16(25)22-13-3-2-10(7-13)15(24)23-5-4-14-11(9-23)6-12(8-21-14)17(18,19)20;1-4(2)3;1-4-2-3/h6,8,10,13H,2-5,7,9H2,1H3,(H,22,25);4H,1-3H3;1H3/t10-,13?;;/m0../s1. The number of alkyl carbamates (subject to hydrolysis) is 1. The van der Waals surface area contributed by atoms with Crippen LogP contribution in [-0.4, -0.2) is 47.8 Å². The zero-order valence-electron chi connectivity index (χ0n) is 20.1. The zero-order valence-corrected chi connectivity index (χ0v) is 21.0. The molecule has 1 aliphatic heterocycles. The molecule has 0 radical (unpaired) electrons. The molecule has 1 aliphatic carbocycles. The summed E-state index contributed by atoms with van der Waals surface area (Å²) in [4.78, 5) is 38.4. The van der Waals surface area contributed by atoms with E-state index in [1.165, 1.54) is 7.11 Å². The van der Waals surface area contributed by atoms with Crippen LogP contribution in [0.1, 0.15) is 56.9 Å². The van der Waals surface area contributed by atoms with Gasteiger partial charge in [-0.2, -0.15) is 13.2 Å². The molecule has 1 aromatic rings. The highest BCUT2D eigenvalue weighted by Crippen LogP contribution is 2.32. The smallest absolute Gasteiger partial charge is 0.417 e. The van der Waals surface area contributed by atoms with Gasteiger partial charge < -0.3 is 15.0 Å². The number of nitroso groups, excluding NO2 is 1. The third-order valence-corrected chi connectivity index (χ3v) is 5.19. The highest BCUT2D eigenvalue weighted by Gasteiger charge is 2.36. The number of rotatable bonds is 3. The van der Waals surface area contributed by atoms with Crippen molar-refractivity contribution in [3.63, 3.8) is 0 Å². The average Bonchev–Trinajstić information content (AvgIpc) is 3.25. The monoisotopic (exact) mass is 506 g/mol. The summed E-state index contributed by atoms with van der Waals surface area (Å²) in [5, 5.41) is 2.69. The van der Waals surface area contributed by atoms with E-state index in [0.29, 0.717) is 43.5 Å². The quantitative estimate of drug-likeness (QED) is 0.447. The van der Waals surface area contributed by atoms with E-state index < -0.39 is 17.8 Å². The van der Waals surface area contributed by atoms with Gasteiger partial charge in [-0.05, 0) is 36.8 Å². The molecular formula is C22H33F3N4O4S. The number of methoxy groups -OCH3 is 1. The van der Waals surface area contributed by atoms with Gasteiger partial charge in [0.05, 0.1) is 12.7 Å². The minimum Gasteiger partial charge on any atom is -0.453 e. The van der Waals surface area contributed by atoms with Crippen molar-refractivity contribution >= 4 is 23.9 Å². The van der Waals surface area contributed by atoms with Gasteiger partial charge in [-0.25, -0.2) is 4.79 Å². The number of amides is 2. The second-order valence-corrected chi connectivity index (χ2v) is 9.18. The van der Waals surface area contributed by atoms with E-state index in [4.69, 9.17) is 4.91 Å². The largest absolute Gasteiger partial charge is 0.453 e. The zero-order chi connectivity index (χ0) is 25.9. The van der Waals surface area contributed by atoms with E-state index in [9.17, 15) is 22.8 Å². The van der Waals surface area contributed by atoms with Gasteiger partial charge in [0.1, 0.15) is 0 Å². The number of aromatic nitrogens is 1. The van der Waals surface area contributed by atoms with Crippen LogP contribution in [0.2, 0.25) is 0 Å². The van der Waals surface area contributed by atoms with Crippen molar-refractivity contribution in [1.82, 2.24) is 15.2 Å². The van der Waals surface area contributed by atoms with Crippen molar-refractivity contribution in [3.8, 4) is 0 Å². The summed E-state index contributed by atoms with van der Waals surface area (Å²) < 4.78 is 45.6. The number of alkyl halides is 3. The van der Waals surface area contributed by atoms with Crippen LogP contribution < -0.4 is 5.32 Å². The fraction of sp³-hybridized carbons (Fsp3) is 0.682. The molecular weight excluding hydrogens is 473 g/mol. The number of carbonyl (C=O) groups excluding carboxylic acids is 2. The molecule has 0 saturated heterocycles. The van der Waals surface area contributed by atoms with Crippen molar-refractivity contribution in [2.24, 2.45) is 16.4 Å². The predicted octanol–water partition coefficient (Wildman–Crippen LogP) is 5.20. The van der Waals surface area contributed by atoms with E-state index in [1.54, 1.807) is 11.2 Å². The fourth-order valence-corrected chi connectivity index (χ4v) is 3.59. The Morgan fingerprint density at radius 1 is 1.29 bits per heavy atom. The van der Waals surface area contributed by atoms with Crippen molar-refractivity contribution in [1.29, 1.82) is 0 Å². The SMILES string of the molecule is CC(C)C.COC(=O)NC1CC[C@H](C(=O)N2CCc3ncc(C(F)(F)F)cc3C2)C1.CSN=O. The number of fused-ring (bicyclic) bond motifs is 1. The topological polar surface area (TPSA) is 101 Å². The van der Waals surface area contributed by atoms with Crippen LogP contribution in [0.25, 0.3) is 0 Å². The van der Waals surface area contributed by atoms with Crippen LogP contribution >= 0.6 is 11.9 Å².